The predicted molar refractivity (Wildman–Crippen MR) is 74.0 cm³/mol. The number of nitrogens with one attached hydrogen (secondary N) is 1. The van der Waals surface area contributed by atoms with Crippen molar-refractivity contribution < 1.29 is 8.42 Å². The zero-order chi connectivity index (χ0) is 13.2. The Balaban J connectivity index is 2.03. The summed E-state index contributed by atoms with van der Waals surface area (Å²) in [5.74, 6) is 0. The molecule has 7 heteroatoms. The van der Waals surface area contributed by atoms with Crippen LogP contribution in [0.25, 0.3) is 0 Å². The smallest absolute Gasteiger partial charge is 0.184 e. The number of thiazole rings is 1. The highest BCUT2D eigenvalue weighted by atomic mass is 35.5. The van der Waals surface area contributed by atoms with Gasteiger partial charge in [0.25, 0.3) is 0 Å². The highest BCUT2D eigenvalue weighted by molar-refractivity contribution is 7.90. The van der Waals surface area contributed by atoms with Crippen LogP contribution in [0.3, 0.4) is 0 Å². The largest absolute Gasteiger partial charge is 0.357 e. The Kier molecular flexibility index (Phi) is 3.89. The molecule has 0 atom stereocenters. The number of hydrogen-bond acceptors (Lipinski definition) is 5. The van der Waals surface area contributed by atoms with Crippen molar-refractivity contribution in [2.24, 2.45) is 0 Å². The predicted octanol–water partition coefficient (Wildman–Crippen LogP) is 2.81. The molecule has 0 fully saturated rings. The van der Waals surface area contributed by atoms with Crippen LogP contribution in [0.2, 0.25) is 5.15 Å². The molecule has 4 nitrogen and oxygen atoms in total. The molecular formula is C11H11ClN2O2S2. The van der Waals surface area contributed by atoms with Crippen LogP contribution in [0, 0.1) is 0 Å². The fourth-order valence-electron chi connectivity index (χ4n) is 1.37. The lowest BCUT2D eigenvalue weighted by molar-refractivity contribution is 0.602. The summed E-state index contributed by atoms with van der Waals surface area (Å²) < 4.78 is 22.6. The molecule has 0 saturated carbocycles. The third kappa shape index (κ3) is 3.44. The molecule has 18 heavy (non-hydrogen) atoms. The topological polar surface area (TPSA) is 59.1 Å². The van der Waals surface area contributed by atoms with Crippen LogP contribution in [0.1, 0.15) is 5.56 Å². The van der Waals surface area contributed by atoms with E-state index in [9.17, 15) is 8.42 Å². The van der Waals surface area contributed by atoms with E-state index in [4.69, 9.17) is 11.6 Å². The summed E-state index contributed by atoms with van der Waals surface area (Å²) >= 11 is 7.13. The third-order valence-electron chi connectivity index (χ3n) is 2.27. The van der Waals surface area contributed by atoms with Gasteiger partial charge in [0, 0.05) is 18.2 Å². The first-order valence-corrected chi connectivity index (χ1v) is 8.24. The Morgan fingerprint density at radius 2 is 2.00 bits per heavy atom. The highest BCUT2D eigenvalue weighted by Crippen LogP contribution is 2.19. The van der Waals surface area contributed by atoms with Crippen LogP contribution in [-0.2, 0) is 16.4 Å². The van der Waals surface area contributed by atoms with Gasteiger partial charge in [-0.05, 0) is 17.7 Å². The van der Waals surface area contributed by atoms with Gasteiger partial charge >= 0.3 is 0 Å². The first-order valence-electron chi connectivity index (χ1n) is 5.09. The Labute approximate surface area is 115 Å². The van der Waals surface area contributed by atoms with Crippen LogP contribution >= 0.6 is 22.9 Å². The second-order valence-corrected chi connectivity index (χ2v) is 7.01. The van der Waals surface area contributed by atoms with E-state index in [1.165, 1.54) is 17.6 Å². The van der Waals surface area contributed by atoms with E-state index >= 15 is 0 Å². The van der Waals surface area contributed by atoms with E-state index in [2.05, 4.69) is 10.3 Å². The summed E-state index contributed by atoms with van der Waals surface area (Å²) in [6.07, 6.45) is 1.19. The van der Waals surface area contributed by atoms with Gasteiger partial charge in [0.2, 0.25) is 0 Å². The molecule has 1 N–H and O–H groups in total. The molecule has 0 amide bonds. The average molecular weight is 303 g/mol. The number of aromatic nitrogens is 1. The lowest BCUT2D eigenvalue weighted by Gasteiger charge is -2.04. The number of halogens is 1. The molecule has 1 heterocycles. The molecule has 0 aliphatic carbocycles. The minimum atomic E-state index is -3.13. The summed E-state index contributed by atoms with van der Waals surface area (Å²) in [7, 11) is -3.13. The van der Waals surface area contributed by atoms with Crippen LogP contribution in [0.15, 0.2) is 34.5 Å². The fourth-order valence-corrected chi connectivity index (χ4v) is 2.83. The highest BCUT2D eigenvalue weighted by Gasteiger charge is 2.06. The van der Waals surface area contributed by atoms with Gasteiger partial charge in [0.1, 0.15) is 5.15 Å². The van der Waals surface area contributed by atoms with E-state index in [1.54, 1.807) is 29.6 Å². The Bertz CT molecular complexity index is 635. The van der Waals surface area contributed by atoms with Crippen molar-refractivity contribution in [2.45, 2.75) is 11.4 Å². The van der Waals surface area contributed by atoms with E-state index in [0.29, 0.717) is 16.6 Å². The quantitative estimate of drug-likeness (QED) is 0.943. The lowest BCUT2D eigenvalue weighted by atomic mass is 10.2. The molecule has 1 aromatic carbocycles. The summed E-state index contributed by atoms with van der Waals surface area (Å²) in [4.78, 5) is 4.38. The number of rotatable bonds is 4. The normalized spacial score (nSPS) is 11.4. The Hall–Kier alpha value is -1.11. The maximum atomic E-state index is 11.3. The number of hydrogen-bond donors (Lipinski definition) is 1. The Morgan fingerprint density at radius 1 is 1.33 bits per heavy atom. The molecule has 0 unspecified atom stereocenters. The maximum Gasteiger partial charge on any atom is 0.184 e. The summed E-state index contributed by atoms with van der Waals surface area (Å²) in [6.45, 7) is 0.577. The molecule has 96 valence electrons. The second-order valence-electron chi connectivity index (χ2n) is 3.75. The molecule has 0 aliphatic rings. The van der Waals surface area contributed by atoms with Crippen LogP contribution in [-0.4, -0.2) is 19.7 Å². The van der Waals surface area contributed by atoms with E-state index in [0.717, 1.165) is 10.7 Å². The van der Waals surface area contributed by atoms with Gasteiger partial charge in [-0.3, -0.25) is 0 Å². The van der Waals surface area contributed by atoms with Crippen molar-refractivity contribution >= 4 is 37.9 Å². The van der Waals surface area contributed by atoms with Gasteiger partial charge in [0.15, 0.2) is 15.0 Å². The molecule has 0 aliphatic heterocycles. The molecule has 0 saturated heterocycles. The van der Waals surface area contributed by atoms with Crippen molar-refractivity contribution in [1.29, 1.82) is 0 Å². The molecular weight excluding hydrogens is 292 g/mol. The van der Waals surface area contributed by atoms with Gasteiger partial charge in [-0.25, -0.2) is 13.4 Å². The number of benzene rings is 1. The minimum Gasteiger partial charge on any atom is -0.357 e. The van der Waals surface area contributed by atoms with Crippen molar-refractivity contribution in [3.05, 3.63) is 40.4 Å². The van der Waals surface area contributed by atoms with Gasteiger partial charge < -0.3 is 5.32 Å². The first-order chi connectivity index (χ1) is 8.45. The number of nitrogens with zero attached hydrogens (tertiary/aromatic N) is 1. The first kappa shape index (κ1) is 13.3. The third-order valence-corrected chi connectivity index (χ3v) is 4.52. The van der Waals surface area contributed by atoms with Crippen molar-refractivity contribution in [3.63, 3.8) is 0 Å². The minimum absolute atomic E-state index is 0.323. The zero-order valence-electron chi connectivity index (χ0n) is 9.55. The zero-order valence-corrected chi connectivity index (χ0v) is 11.9. The molecule has 1 aromatic heterocycles. The average Bonchev–Trinajstić information content (AvgIpc) is 2.72. The monoisotopic (exact) mass is 302 g/mol. The number of anilines is 1. The molecule has 0 bridgehead atoms. The lowest BCUT2D eigenvalue weighted by Crippen LogP contribution is -2.00. The maximum absolute atomic E-state index is 11.3. The molecule has 0 spiro atoms. The van der Waals surface area contributed by atoms with Crippen molar-refractivity contribution in [3.8, 4) is 0 Å². The summed E-state index contributed by atoms with van der Waals surface area (Å²) in [6, 6.07) is 6.75. The SMILES string of the molecule is CS(=O)(=O)c1ccc(CNc2nc(Cl)cs2)cc1. The molecule has 2 rings (SSSR count). The van der Waals surface area contributed by atoms with Crippen LogP contribution < -0.4 is 5.32 Å². The molecule has 0 radical (unpaired) electrons. The molecule has 2 aromatic rings. The van der Waals surface area contributed by atoms with Gasteiger partial charge in [0.05, 0.1) is 4.90 Å². The fraction of sp³-hybridized carbons (Fsp3) is 0.182. The van der Waals surface area contributed by atoms with Crippen molar-refractivity contribution in [2.75, 3.05) is 11.6 Å². The van der Waals surface area contributed by atoms with Gasteiger partial charge in [-0.15, -0.1) is 11.3 Å². The van der Waals surface area contributed by atoms with E-state index in [1.807, 2.05) is 0 Å². The van der Waals surface area contributed by atoms with Crippen LogP contribution in [0.5, 0.6) is 0 Å². The Morgan fingerprint density at radius 3 is 2.50 bits per heavy atom. The van der Waals surface area contributed by atoms with Gasteiger partial charge in [-0.2, -0.15) is 0 Å². The summed E-state index contributed by atoms with van der Waals surface area (Å²) in [5, 5.41) is 6.07. The number of sulfone groups is 1. The summed E-state index contributed by atoms with van der Waals surface area (Å²) in [5.41, 5.74) is 0.980. The van der Waals surface area contributed by atoms with Crippen LogP contribution in [0.4, 0.5) is 5.13 Å². The standard InChI is InChI=1S/C11H11ClN2O2S2/c1-18(15,16)9-4-2-8(3-5-9)6-13-11-14-10(12)7-17-11/h2-5,7H,6H2,1H3,(H,13,14). The second kappa shape index (κ2) is 5.26. The van der Waals surface area contributed by atoms with Crippen molar-refractivity contribution in [1.82, 2.24) is 4.98 Å². The van der Waals surface area contributed by atoms with Gasteiger partial charge in [-0.1, -0.05) is 23.7 Å². The van der Waals surface area contributed by atoms with E-state index < -0.39 is 9.84 Å². The van der Waals surface area contributed by atoms with E-state index in [-0.39, 0.29) is 0 Å².